The number of benzene rings is 1. The molecular formula is C21H30N4O5S. The van der Waals surface area contributed by atoms with Gasteiger partial charge >= 0.3 is 5.69 Å². The molecule has 0 saturated heterocycles. The first-order valence-corrected chi connectivity index (χ1v) is 11.8. The highest BCUT2D eigenvalue weighted by molar-refractivity contribution is 7.89. The Bertz CT molecular complexity index is 1230. The van der Waals surface area contributed by atoms with Gasteiger partial charge in [-0.3, -0.25) is 18.7 Å². The smallest absolute Gasteiger partial charge is 0.330 e. The highest BCUT2D eigenvalue weighted by atomic mass is 32.2. The molecule has 0 bridgehead atoms. The molecule has 9 nitrogen and oxygen atoms in total. The summed E-state index contributed by atoms with van der Waals surface area (Å²) in [6, 6.07) is 4.07. The monoisotopic (exact) mass is 450 g/mol. The first-order chi connectivity index (χ1) is 14.4. The molecule has 0 spiro atoms. The summed E-state index contributed by atoms with van der Waals surface area (Å²) < 4.78 is 29.3. The third-order valence-corrected chi connectivity index (χ3v) is 8.37. The second kappa shape index (κ2) is 8.58. The number of nitrogens with zero attached hydrogens (tertiary/aromatic N) is 3. The summed E-state index contributed by atoms with van der Waals surface area (Å²) in [6.07, 6.45) is 3.06. The molecule has 1 N–H and O–H groups in total. The highest BCUT2D eigenvalue weighted by Gasteiger charge is 2.30. The molecule has 1 aliphatic rings. The zero-order valence-corrected chi connectivity index (χ0v) is 19.4. The minimum Gasteiger partial charge on any atom is -0.352 e. The van der Waals surface area contributed by atoms with Crippen molar-refractivity contribution in [2.45, 2.75) is 44.0 Å². The van der Waals surface area contributed by atoms with Crippen LogP contribution in [0.5, 0.6) is 0 Å². The highest BCUT2D eigenvalue weighted by Crippen LogP contribution is 2.29. The number of aryl methyl sites for hydroxylation is 1. The number of fused-ring (bicyclic) bond motifs is 1. The van der Waals surface area contributed by atoms with E-state index in [0.29, 0.717) is 17.4 Å². The van der Waals surface area contributed by atoms with E-state index in [1.807, 2.05) is 0 Å². The number of rotatable bonds is 5. The molecule has 1 heterocycles. The van der Waals surface area contributed by atoms with Crippen LogP contribution in [0, 0.1) is 11.8 Å². The SMILES string of the molecule is C[C@H]1[C@H](C)CCC[C@@H]1NC(=O)CN(C)S(=O)(=O)c1ccc2c(c1)c(=O)n(C)c(=O)n2C. The van der Waals surface area contributed by atoms with Crippen LogP contribution in [0.25, 0.3) is 10.9 Å². The van der Waals surface area contributed by atoms with Crippen molar-refractivity contribution in [3.8, 4) is 0 Å². The van der Waals surface area contributed by atoms with Gasteiger partial charge in [-0.2, -0.15) is 4.31 Å². The molecule has 1 aromatic carbocycles. The number of amides is 1. The molecule has 31 heavy (non-hydrogen) atoms. The zero-order valence-electron chi connectivity index (χ0n) is 18.6. The molecule has 3 rings (SSSR count). The Kier molecular flexibility index (Phi) is 6.43. The minimum absolute atomic E-state index is 0.0392. The average Bonchev–Trinajstić information content (AvgIpc) is 2.73. The fraction of sp³-hybridized carbons (Fsp3) is 0.571. The second-order valence-corrected chi connectivity index (χ2v) is 10.6. The van der Waals surface area contributed by atoms with Gasteiger partial charge in [0.05, 0.1) is 22.3 Å². The van der Waals surface area contributed by atoms with Gasteiger partial charge in [-0.25, -0.2) is 13.2 Å². The van der Waals surface area contributed by atoms with Crippen LogP contribution in [0.15, 0.2) is 32.7 Å². The van der Waals surface area contributed by atoms with Gasteiger partial charge in [-0.1, -0.05) is 26.7 Å². The summed E-state index contributed by atoms with van der Waals surface area (Å²) >= 11 is 0. The number of aromatic nitrogens is 2. The van der Waals surface area contributed by atoms with E-state index in [1.165, 1.54) is 43.9 Å². The van der Waals surface area contributed by atoms with Gasteiger partial charge in [0, 0.05) is 27.2 Å². The molecule has 1 saturated carbocycles. The van der Waals surface area contributed by atoms with Crippen LogP contribution in [0.4, 0.5) is 0 Å². The molecule has 0 unspecified atom stereocenters. The fourth-order valence-corrected chi connectivity index (χ4v) is 5.39. The Morgan fingerprint density at radius 3 is 2.52 bits per heavy atom. The van der Waals surface area contributed by atoms with Gasteiger partial charge in [-0.05, 0) is 36.5 Å². The molecule has 0 aliphatic heterocycles. The lowest BCUT2D eigenvalue weighted by Crippen LogP contribution is -2.47. The lowest BCUT2D eigenvalue weighted by atomic mass is 9.78. The maximum absolute atomic E-state index is 13.0. The summed E-state index contributed by atoms with van der Waals surface area (Å²) in [6.45, 7) is 3.96. The first kappa shape index (κ1) is 23.2. The van der Waals surface area contributed by atoms with Crippen LogP contribution < -0.4 is 16.6 Å². The Morgan fingerprint density at radius 1 is 1.16 bits per heavy atom. The summed E-state index contributed by atoms with van der Waals surface area (Å²) in [4.78, 5) is 37.0. The third-order valence-electron chi connectivity index (χ3n) is 6.57. The molecular weight excluding hydrogens is 420 g/mol. The fourth-order valence-electron chi connectivity index (χ4n) is 4.24. The number of sulfonamides is 1. The number of nitrogens with one attached hydrogen (secondary N) is 1. The van der Waals surface area contributed by atoms with E-state index in [9.17, 15) is 22.8 Å². The number of carbonyl (C=O) groups is 1. The lowest BCUT2D eigenvalue weighted by molar-refractivity contribution is -0.122. The zero-order chi connectivity index (χ0) is 23.1. The Morgan fingerprint density at radius 2 is 1.84 bits per heavy atom. The maximum Gasteiger partial charge on any atom is 0.330 e. The van der Waals surface area contributed by atoms with E-state index in [2.05, 4.69) is 19.2 Å². The van der Waals surface area contributed by atoms with E-state index in [1.54, 1.807) is 0 Å². The second-order valence-electron chi connectivity index (χ2n) is 8.59. The number of likely N-dealkylation sites (N-methyl/N-ethyl adjacent to an activating group) is 1. The van der Waals surface area contributed by atoms with E-state index in [4.69, 9.17) is 0 Å². The molecule has 3 atom stereocenters. The largest absolute Gasteiger partial charge is 0.352 e. The molecule has 1 amide bonds. The predicted molar refractivity (Wildman–Crippen MR) is 118 cm³/mol. The van der Waals surface area contributed by atoms with Gasteiger partial charge in [0.2, 0.25) is 15.9 Å². The molecule has 2 aromatic rings. The summed E-state index contributed by atoms with van der Waals surface area (Å²) in [5, 5.41) is 3.10. The number of carbonyl (C=O) groups excluding carboxylic acids is 1. The van der Waals surface area contributed by atoms with Crippen LogP contribution in [-0.2, 0) is 28.9 Å². The standard InChI is InChI=1S/C21H30N4O5S/c1-13-7-6-8-17(14(13)2)22-19(26)12-23(3)31(29,30)15-9-10-18-16(11-15)20(27)25(5)21(28)24(18)4/h9-11,13-14,17H,6-8,12H2,1-5H3,(H,22,26)/t13-,14+,17+/m1/s1. The number of hydrogen-bond donors (Lipinski definition) is 1. The van der Waals surface area contributed by atoms with Crippen molar-refractivity contribution >= 4 is 26.8 Å². The average molecular weight is 451 g/mol. The molecule has 1 aliphatic carbocycles. The first-order valence-electron chi connectivity index (χ1n) is 10.4. The van der Waals surface area contributed by atoms with Gasteiger partial charge in [-0.15, -0.1) is 0 Å². The predicted octanol–water partition coefficient (Wildman–Crippen LogP) is 0.799. The van der Waals surface area contributed by atoms with Crippen molar-refractivity contribution in [2.75, 3.05) is 13.6 Å². The minimum atomic E-state index is -4.01. The Balaban J connectivity index is 1.84. The molecule has 0 radical (unpaired) electrons. The van der Waals surface area contributed by atoms with Crippen molar-refractivity contribution in [2.24, 2.45) is 25.9 Å². The van der Waals surface area contributed by atoms with Crippen molar-refractivity contribution in [1.29, 1.82) is 0 Å². The molecule has 1 aromatic heterocycles. The van der Waals surface area contributed by atoms with Crippen molar-refractivity contribution in [1.82, 2.24) is 18.8 Å². The van der Waals surface area contributed by atoms with Gasteiger partial charge in [0.15, 0.2) is 0 Å². The summed E-state index contributed by atoms with van der Waals surface area (Å²) in [5.41, 5.74) is -0.725. The maximum atomic E-state index is 13.0. The van der Waals surface area contributed by atoms with Gasteiger partial charge in [0.25, 0.3) is 5.56 Å². The van der Waals surface area contributed by atoms with E-state index in [-0.39, 0.29) is 28.8 Å². The van der Waals surface area contributed by atoms with E-state index >= 15 is 0 Å². The summed E-state index contributed by atoms with van der Waals surface area (Å²) in [7, 11) is 0.190. The van der Waals surface area contributed by atoms with E-state index in [0.717, 1.165) is 28.1 Å². The molecule has 10 heteroatoms. The van der Waals surface area contributed by atoms with Gasteiger partial charge in [0.1, 0.15) is 0 Å². The lowest BCUT2D eigenvalue weighted by Gasteiger charge is -2.34. The normalized spacial score (nSPS) is 22.1. The topological polar surface area (TPSA) is 110 Å². The quantitative estimate of drug-likeness (QED) is 0.724. The van der Waals surface area contributed by atoms with Gasteiger partial charge < -0.3 is 5.32 Å². The molecule has 1 fully saturated rings. The molecule has 170 valence electrons. The Hall–Kier alpha value is -2.46. The van der Waals surface area contributed by atoms with Crippen molar-refractivity contribution in [3.63, 3.8) is 0 Å². The van der Waals surface area contributed by atoms with Crippen LogP contribution in [0.2, 0.25) is 0 Å². The van der Waals surface area contributed by atoms with Crippen LogP contribution >= 0.6 is 0 Å². The van der Waals surface area contributed by atoms with Crippen LogP contribution in [0.3, 0.4) is 0 Å². The third kappa shape index (κ3) is 4.31. The van der Waals surface area contributed by atoms with Crippen LogP contribution in [0.1, 0.15) is 33.1 Å². The summed E-state index contributed by atoms with van der Waals surface area (Å²) in [5.74, 6) is 0.496. The Labute approximate surface area is 181 Å². The van der Waals surface area contributed by atoms with Crippen LogP contribution in [-0.4, -0.2) is 47.4 Å². The van der Waals surface area contributed by atoms with Crippen molar-refractivity contribution < 1.29 is 13.2 Å². The van der Waals surface area contributed by atoms with E-state index < -0.39 is 21.3 Å². The number of hydrogen-bond acceptors (Lipinski definition) is 5. The van der Waals surface area contributed by atoms with Crippen molar-refractivity contribution in [3.05, 3.63) is 39.0 Å².